The summed E-state index contributed by atoms with van der Waals surface area (Å²) in [5.41, 5.74) is 1.03. The summed E-state index contributed by atoms with van der Waals surface area (Å²) in [5, 5.41) is 10.4. The third-order valence-corrected chi connectivity index (χ3v) is 3.29. The van der Waals surface area contributed by atoms with Crippen LogP contribution in [0.4, 0.5) is 0 Å². The standard InChI is InChI=1S/C13H16N4OS/c1-10-15-13(17-16-10)19-8-7-14-12(18)9-11-5-3-2-4-6-11/h2-6H,7-9H2,1H3,(H,14,18)(H,15,16,17). The maximum absolute atomic E-state index is 11.7. The average molecular weight is 276 g/mol. The van der Waals surface area contributed by atoms with Crippen LogP contribution in [0.15, 0.2) is 35.5 Å². The van der Waals surface area contributed by atoms with Crippen molar-refractivity contribution in [3.63, 3.8) is 0 Å². The van der Waals surface area contributed by atoms with Gasteiger partial charge in [0, 0.05) is 12.3 Å². The Kier molecular flexibility index (Phi) is 4.97. The molecule has 0 radical (unpaired) electrons. The molecule has 2 aromatic rings. The largest absolute Gasteiger partial charge is 0.355 e. The third-order valence-electron chi connectivity index (χ3n) is 2.44. The molecule has 0 saturated heterocycles. The number of amides is 1. The van der Waals surface area contributed by atoms with Gasteiger partial charge < -0.3 is 5.32 Å². The van der Waals surface area contributed by atoms with Crippen molar-refractivity contribution in [3.8, 4) is 0 Å². The molecule has 0 atom stereocenters. The number of benzene rings is 1. The molecule has 1 aromatic heterocycles. The van der Waals surface area contributed by atoms with Crippen LogP contribution in [0.2, 0.25) is 0 Å². The van der Waals surface area contributed by atoms with Crippen LogP contribution in [0.5, 0.6) is 0 Å². The predicted octanol–water partition coefficient (Wildman–Crippen LogP) is 1.56. The molecule has 2 N–H and O–H groups in total. The lowest BCUT2D eigenvalue weighted by Crippen LogP contribution is -2.27. The zero-order valence-corrected chi connectivity index (χ0v) is 11.5. The number of aromatic nitrogens is 3. The molecular formula is C13H16N4OS. The van der Waals surface area contributed by atoms with Gasteiger partial charge in [-0.3, -0.25) is 9.89 Å². The van der Waals surface area contributed by atoms with E-state index in [-0.39, 0.29) is 5.91 Å². The lowest BCUT2D eigenvalue weighted by Gasteiger charge is -2.04. The Morgan fingerprint density at radius 3 is 2.84 bits per heavy atom. The van der Waals surface area contributed by atoms with E-state index in [1.54, 1.807) is 0 Å². The van der Waals surface area contributed by atoms with Gasteiger partial charge in [0.2, 0.25) is 11.1 Å². The second-order valence-corrected chi connectivity index (χ2v) is 5.13. The van der Waals surface area contributed by atoms with Gasteiger partial charge in [-0.15, -0.1) is 5.10 Å². The van der Waals surface area contributed by atoms with Gasteiger partial charge in [0.25, 0.3) is 0 Å². The number of hydrogen-bond donors (Lipinski definition) is 2. The number of thioether (sulfide) groups is 1. The van der Waals surface area contributed by atoms with Gasteiger partial charge in [0.15, 0.2) is 0 Å². The first-order valence-electron chi connectivity index (χ1n) is 6.06. The molecular weight excluding hydrogens is 260 g/mol. The zero-order chi connectivity index (χ0) is 13.5. The first-order chi connectivity index (χ1) is 9.24. The highest BCUT2D eigenvalue weighted by Crippen LogP contribution is 2.10. The van der Waals surface area contributed by atoms with Crippen LogP contribution < -0.4 is 5.32 Å². The van der Waals surface area contributed by atoms with E-state index >= 15 is 0 Å². The van der Waals surface area contributed by atoms with Crippen molar-refractivity contribution in [2.24, 2.45) is 0 Å². The minimum atomic E-state index is 0.0398. The maximum Gasteiger partial charge on any atom is 0.224 e. The van der Waals surface area contributed by atoms with Crippen LogP contribution in [-0.4, -0.2) is 33.4 Å². The fourth-order valence-electron chi connectivity index (χ4n) is 1.56. The van der Waals surface area contributed by atoms with Crippen LogP contribution in [0.25, 0.3) is 0 Å². The number of hydrogen-bond acceptors (Lipinski definition) is 4. The van der Waals surface area contributed by atoms with Gasteiger partial charge in [-0.1, -0.05) is 42.1 Å². The quantitative estimate of drug-likeness (QED) is 0.620. The minimum Gasteiger partial charge on any atom is -0.355 e. The van der Waals surface area contributed by atoms with E-state index in [4.69, 9.17) is 0 Å². The van der Waals surface area contributed by atoms with Gasteiger partial charge >= 0.3 is 0 Å². The van der Waals surface area contributed by atoms with E-state index < -0.39 is 0 Å². The number of rotatable bonds is 6. The molecule has 0 aliphatic carbocycles. The molecule has 19 heavy (non-hydrogen) atoms. The van der Waals surface area contributed by atoms with Gasteiger partial charge in [-0.2, -0.15) is 0 Å². The molecule has 1 aromatic carbocycles. The van der Waals surface area contributed by atoms with Gasteiger partial charge in [-0.05, 0) is 12.5 Å². The van der Waals surface area contributed by atoms with Crippen molar-refractivity contribution in [3.05, 3.63) is 41.7 Å². The fraction of sp³-hybridized carbons (Fsp3) is 0.308. The van der Waals surface area contributed by atoms with Crippen LogP contribution in [0.3, 0.4) is 0 Å². The van der Waals surface area contributed by atoms with Crippen molar-refractivity contribution in [2.75, 3.05) is 12.3 Å². The molecule has 0 bridgehead atoms. The summed E-state index contributed by atoms with van der Waals surface area (Å²) in [6.07, 6.45) is 0.422. The molecule has 0 saturated carbocycles. The lowest BCUT2D eigenvalue weighted by molar-refractivity contribution is -0.120. The van der Waals surface area contributed by atoms with Crippen molar-refractivity contribution in [1.82, 2.24) is 20.5 Å². The Morgan fingerprint density at radius 2 is 2.16 bits per heavy atom. The number of nitrogens with zero attached hydrogens (tertiary/aromatic N) is 2. The number of carbonyl (C=O) groups excluding carboxylic acids is 1. The van der Waals surface area contributed by atoms with Crippen molar-refractivity contribution in [1.29, 1.82) is 0 Å². The Bertz CT molecular complexity index is 526. The highest BCUT2D eigenvalue weighted by molar-refractivity contribution is 7.99. The topological polar surface area (TPSA) is 70.7 Å². The summed E-state index contributed by atoms with van der Waals surface area (Å²) < 4.78 is 0. The number of aryl methyl sites for hydroxylation is 1. The Labute approximate surface area is 116 Å². The molecule has 6 heteroatoms. The lowest BCUT2D eigenvalue weighted by atomic mass is 10.1. The number of carbonyl (C=O) groups is 1. The molecule has 0 unspecified atom stereocenters. The Morgan fingerprint density at radius 1 is 1.37 bits per heavy atom. The monoisotopic (exact) mass is 276 g/mol. The van der Waals surface area contributed by atoms with E-state index in [9.17, 15) is 4.79 Å². The molecule has 100 valence electrons. The first-order valence-corrected chi connectivity index (χ1v) is 7.05. The smallest absolute Gasteiger partial charge is 0.224 e. The van der Waals surface area contributed by atoms with E-state index in [1.807, 2.05) is 37.3 Å². The molecule has 0 aliphatic heterocycles. The summed E-state index contributed by atoms with van der Waals surface area (Å²) in [5.74, 6) is 1.60. The van der Waals surface area contributed by atoms with Gasteiger partial charge in [-0.25, -0.2) is 4.98 Å². The molecule has 0 fully saturated rings. The molecule has 0 spiro atoms. The SMILES string of the molecule is Cc1nc(SCCNC(=O)Cc2ccccc2)n[nH]1. The van der Waals surface area contributed by atoms with Crippen molar-refractivity contribution >= 4 is 17.7 Å². The zero-order valence-electron chi connectivity index (χ0n) is 10.7. The van der Waals surface area contributed by atoms with Gasteiger partial charge in [0.05, 0.1) is 6.42 Å². The van der Waals surface area contributed by atoms with Crippen LogP contribution in [0.1, 0.15) is 11.4 Å². The van der Waals surface area contributed by atoms with E-state index in [2.05, 4.69) is 20.5 Å². The third kappa shape index (κ3) is 4.75. The fourth-order valence-corrected chi connectivity index (χ4v) is 2.26. The number of H-pyrrole nitrogens is 1. The summed E-state index contributed by atoms with van der Waals surface area (Å²) in [6.45, 7) is 2.47. The maximum atomic E-state index is 11.7. The number of aromatic amines is 1. The average Bonchev–Trinajstić information content (AvgIpc) is 2.82. The van der Waals surface area contributed by atoms with Crippen LogP contribution >= 0.6 is 11.8 Å². The molecule has 1 amide bonds. The van der Waals surface area contributed by atoms with Crippen LogP contribution in [0, 0.1) is 6.92 Å². The van der Waals surface area contributed by atoms with E-state index in [1.165, 1.54) is 11.8 Å². The molecule has 1 heterocycles. The summed E-state index contributed by atoms with van der Waals surface area (Å²) >= 11 is 1.52. The predicted molar refractivity (Wildman–Crippen MR) is 75.0 cm³/mol. The van der Waals surface area contributed by atoms with E-state index in [0.29, 0.717) is 13.0 Å². The Hall–Kier alpha value is -1.82. The highest BCUT2D eigenvalue weighted by Gasteiger charge is 2.03. The molecule has 2 rings (SSSR count). The normalized spacial score (nSPS) is 10.4. The van der Waals surface area contributed by atoms with E-state index in [0.717, 1.165) is 22.3 Å². The van der Waals surface area contributed by atoms with Crippen molar-refractivity contribution in [2.45, 2.75) is 18.5 Å². The summed E-state index contributed by atoms with van der Waals surface area (Å²) in [4.78, 5) is 15.8. The highest BCUT2D eigenvalue weighted by atomic mass is 32.2. The molecule has 0 aliphatic rings. The second kappa shape index (κ2) is 6.94. The van der Waals surface area contributed by atoms with Crippen LogP contribution in [-0.2, 0) is 11.2 Å². The first kappa shape index (κ1) is 13.6. The summed E-state index contributed by atoms with van der Waals surface area (Å²) in [6, 6.07) is 9.71. The summed E-state index contributed by atoms with van der Waals surface area (Å²) in [7, 11) is 0. The molecule has 5 nitrogen and oxygen atoms in total. The number of nitrogens with one attached hydrogen (secondary N) is 2. The van der Waals surface area contributed by atoms with Gasteiger partial charge in [0.1, 0.15) is 5.82 Å². The Balaban J connectivity index is 1.64. The minimum absolute atomic E-state index is 0.0398. The van der Waals surface area contributed by atoms with Crippen molar-refractivity contribution < 1.29 is 4.79 Å². The second-order valence-electron chi connectivity index (χ2n) is 4.06.